The van der Waals surface area contributed by atoms with Crippen LogP contribution in [0.25, 0.3) is 0 Å². The standard InChI is InChI=1S/C13H14F3N3S2/c1-3-11-18-12(21-19-11)20-9-5-4-8(7-17-2)10(6-9)13(14,15)16/h4-6,17H,3,7H2,1-2H3. The van der Waals surface area contributed by atoms with E-state index in [4.69, 9.17) is 0 Å². The van der Waals surface area contributed by atoms with Crippen molar-refractivity contribution >= 4 is 23.3 Å². The van der Waals surface area contributed by atoms with Gasteiger partial charge in [-0.05, 0) is 36.3 Å². The lowest BCUT2D eigenvalue weighted by Gasteiger charge is -2.13. The first kappa shape index (κ1) is 16.3. The van der Waals surface area contributed by atoms with Gasteiger partial charge in [-0.25, -0.2) is 4.98 Å². The topological polar surface area (TPSA) is 37.8 Å². The maximum Gasteiger partial charge on any atom is 0.416 e. The third kappa shape index (κ3) is 4.18. The van der Waals surface area contributed by atoms with Crippen LogP contribution in [0.1, 0.15) is 23.9 Å². The van der Waals surface area contributed by atoms with Gasteiger partial charge in [0.25, 0.3) is 0 Å². The molecule has 0 saturated heterocycles. The molecule has 0 saturated carbocycles. The third-order valence-corrected chi connectivity index (χ3v) is 4.50. The van der Waals surface area contributed by atoms with Gasteiger partial charge in [-0.3, -0.25) is 0 Å². The molecule has 8 heteroatoms. The minimum absolute atomic E-state index is 0.179. The fraction of sp³-hybridized carbons (Fsp3) is 0.385. The van der Waals surface area contributed by atoms with Crippen LogP contribution in [-0.4, -0.2) is 16.4 Å². The normalized spacial score (nSPS) is 11.9. The predicted molar refractivity (Wildman–Crippen MR) is 77.6 cm³/mol. The fourth-order valence-corrected chi connectivity index (χ4v) is 3.47. The molecule has 1 heterocycles. The molecule has 0 radical (unpaired) electrons. The molecular weight excluding hydrogens is 319 g/mol. The molecule has 1 N–H and O–H groups in total. The minimum atomic E-state index is -4.36. The van der Waals surface area contributed by atoms with Gasteiger partial charge in [-0.15, -0.1) is 0 Å². The van der Waals surface area contributed by atoms with Crippen molar-refractivity contribution < 1.29 is 13.2 Å². The van der Waals surface area contributed by atoms with E-state index in [9.17, 15) is 13.2 Å². The highest BCUT2D eigenvalue weighted by Crippen LogP contribution is 2.37. The predicted octanol–water partition coefficient (Wildman–Crippen LogP) is 3.99. The molecule has 1 aromatic carbocycles. The molecule has 2 aromatic rings. The molecule has 0 fully saturated rings. The molecule has 0 amide bonds. The summed E-state index contributed by atoms with van der Waals surface area (Å²) in [5.41, 5.74) is -0.372. The lowest BCUT2D eigenvalue weighted by Crippen LogP contribution is -2.14. The second-order valence-electron chi connectivity index (χ2n) is 4.28. The highest BCUT2D eigenvalue weighted by Gasteiger charge is 2.33. The number of benzene rings is 1. The fourth-order valence-electron chi connectivity index (χ4n) is 1.75. The first-order chi connectivity index (χ1) is 9.94. The number of aromatic nitrogens is 2. The van der Waals surface area contributed by atoms with Crippen LogP contribution in [0.4, 0.5) is 13.2 Å². The summed E-state index contributed by atoms with van der Waals surface area (Å²) < 4.78 is 44.0. The monoisotopic (exact) mass is 333 g/mol. The molecular formula is C13H14F3N3S2. The summed E-state index contributed by atoms with van der Waals surface area (Å²) in [6.45, 7) is 2.11. The smallest absolute Gasteiger partial charge is 0.316 e. The van der Waals surface area contributed by atoms with Gasteiger partial charge in [0.2, 0.25) is 0 Å². The van der Waals surface area contributed by atoms with Crippen LogP contribution < -0.4 is 5.32 Å². The second-order valence-corrected chi connectivity index (χ2v) is 6.35. The number of hydrogen-bond acceptors (Lipinski definition) is 5. The van der Waals surface area contributed by atoms with Crippen molar-refractivity contribution in [2.75, 3.05) is 7.05 Å². The molecule has 3 nitrogen and oxygen atoms in total. The van der Waals surface area contributed by atoms with Crippen LogP contribution in [0.2, 0.25) is 0 Å². The molecule has 21 heavy (non-hydrogen) atoms. The molecule has 1 aromatic heterocycles. The van der Waals surface area contributed by atoms with Crippen molar-refractivity contribution in [3.63, 3.8) is 0 Å². The van der Waals surface area contributed by atoms with Gasteiger partial charge >= 0.3 is 6.18 Å². The number of alkyl halides is 3. The molecule has 114 valence electrons. The summed E-state index contributed by atoms with van der Waals surface area (Å²) in [4.78, 5) is 4.77. The molecule has 0 spiro atoms. The zero-order valence-corrected chi connectivity index (χ0v) is 13.1. The lowest BCUT2D eigenvalue weighted by atomic mass is 10.1. The second kappa shape index (κ2) is 6.76. The van der Waals surface area contributed by atoms with E-state index in [0.29, 0.717) is 21.5 Å². The van der Waals surface area contributed by atoms with Gasteiger partial charge in [0.05, 0.1) is 5.56 Å². The number of rotatable bonds is 5. The zero-order chi connectivity index (χ0) is 15.5. The molecule has 2 rings (SSSR count). The van der Waals surface area contributed by atoms with Crippen LogP contribution in [0.3, 0.4) is 0 Å². The van der Waals surface area contributed by atoms with Crippen molar-refractivity contribution in [3.05, 3.63) is 35.2 Å². The van der Waals surface area contributed by atoms with Crippen LogP contribution in [-0.2, 0) is 19.1 Å². The van der Waals surface area contributed by atoms with Crippen molar-refractivity contribution in [1.29, 1.82) is 0 Å². The van der Waals surface area contributed by atoms with E-state index in [0.717, 1.165) is 0 Å². The van der Waals surface area contributed by atoms with Gasteiger partial charge in [-0.2, -0.15) is 17.5 Å². The van der Waals surface area contributed by atoms with E-state index in [-0.39, 0.29) is 12.1 Å². The average molecular weight is 333 g/mol. The Hall–Kier alpha value is -1.12. The largest absolute Gasteiger partial charge is 0.416 e. The SMILES string of the molecule is CCc1nsc(Sc2ccc(CNC)c(C(F)(F)F)c2)n1. The number of nitrogens with one attached hydrogen (secondary N) is 1. The summed E-state index contributed by atoms with van der Waals surface area (Å²) >= 11 is 2.41. The van der Waals surface area contributed by atoms with Crippen molar-refractivity contribution in [2.45, 2.75) is 35.3 Å². The summed E-state index contributed by atoms with van der Waals surface area (Å²) in [6, 6.07) is 4.35. The average Bonchev–Trinajstić information content (AvgIpc) is 2.87. The van der Waals surface area contributed by atoms with Crippen LogP contribution in [0.15, 0.2) is 27.4 Å². The Labute approximate surface area is 129 Å². The Morgan fingerprint density at radius 2 is 2.10 bits per heavy atom. The molecule has 0 atom stereocenters. The van der Waals surface area contributed by atoms with Gasteiger partial charge in [0, 0.05) is 17.9 Å². The number of hydrogen-bond donors (Lipinski definition) is 1. The van der Waals surface area contributed by atoms with Gasteiger partial charge in [0.1, 0.15) is 5.82 Å². The Kier molecular flexibility index (Phi) is 5.23. The molecule has 0 aliphatic heterocycles. The quantitative estimate of drug-likeness (QED) is 0.898. The number of halogens is 3. The van der Waals surface area contributed by atoms with E-state index in [2.05, 4.69) is 14.7 Å². The zero-order valence-electron chi connectivity index (χ0n) is 11.5. The van der Waals surface area contributed by atoms with E-state index in [1.165, 1.54) is 35.4 Å². The summed E-state index contributed by atoms with van der Waals surface area (Å²) in [5.74, 6) is 0.713. The van der Waals surface area contributed by atoms with Crippen LogP contribution >= 0.6 is 23.3 Å². The summed E-state index contributed by atoms with van der Waals surface area (Å²) in [5, 5.41) is 2.75. The Balaban J connectivity index is 2.28. The third-order valence-electron chi connectivity index (χ3n) is 2.72. The molecule has 0 unspecified atom stereocenters. The Morgan fingerprint density at radius 1 is 1.33 bits per heavy atom. The van der Waals surface area contributed by atoms with E-state index in [1.807, 2.05) is 6.92 Å². The molecule has 0 aliphatic rings. The number of nitrogens with zero attached hydrogens (tertiary/aromatic N) is 2. The lowest BCUT2D eigenvalue weighted by molar-refractivity contribution is -0.138. The highest BCUT2D eigenvalue weighted by molar-refractivity contribution is 8.01. The highest BCUT2D eigenvalue weighted by atomic mass is 32.2. The molecule has 0 bridgehead atoms. The maximum absolute atomic E-state index is 13.1. The van der Waals surface area contributed by atoms with Gasteiger partial charge in [-0.1, -0.05) is 24.8 Å². The Bertz CT molecular complexity index is 611. The Morgan fingerprint density at radius 3 is 2.67 bits per heavy atom. The summed E-state index contributed by atoms with van der Waals surface area (Å²) in [6.07, 6.45) is -3.65. The van der Waals surface area contributed by atoms with Crippen molar-refractivity contribution in [1.82, 2.24) is 14.7 Å². The van der Waals surface area contributed by atoms with Crippen LogP contribution in [0, 0.1) is 0 Å². The minimum Gasteiger partial charge on any atom is -0.316 e. The number of aryl methyl sites for hydroxylation is 1. The van der Waals surface area contributed by atoms with E-state index < -0.39 is 11.7 Å². The van der Waals surface area contributed by atoms with Crippen molar-refractivity contribution in [3.8, 4) is 0 Å². The van der Waals surface area contributed by atoms with Crippen LogP contribution in [0.5, 0.6) is 0 Å². The first-order valence-corrected chi connectivity index (χ1v) is 7.88. The van der Waals surface area contributed by atoms with Gasteiger partial charge < -0.3 is 5.32 Å². The first-order valence-electron chi connectivity index (χ1n) is 6.29. The van der Waals surface area contributed by atoms with E-state index in [1.54, 1.807) is 13.1 Å². The van der Waals surface area contributed by atoms with Crippen molar-refractivity contribution in [2.24, 2.45) is 0 Å². The maximum atomic E-state index is 13.1. The molecule has 0 aliphatic carbocycles. The van der Waals surface area contributed by atoms with Gasteiger partial charge in [0.15, 0.2) is 4.34 Å². The van der Waals surface area contributed by atoms with E-state index >= 15 is 0 Å². The summed E-state index contributed by atoms with van der Waals surface area (Å²) in [7, 11) is 1.62.